The zero-order valence-electron chi connectivity index (χ0n) is 14.2. The van der Waals surface area contributed by atoms with E-state index in [2.05, 4.69) is 46.9 Å². The molecule has 4 heteroatoms. The number of carbonyl (C=O) groups is 1. The first kappa shape index (κ1) is 15.5. The molecule has 2 heterocycles. The van der Waals surface area contributed by atoms with Crippen LogP contribution in [0.3, 0.4) is 0 Å². The highest BCUT2D eigenvalue weighted by Crippen LogP contribution is 2.44. The third kappa shape index (κ3) is 2.28. The number of fused-ring (bicyclic) bond motifs is 2. The fraction of sp³-hybridized carbons (Fsp3) is 0.450. The molecule has 1 aliphatic carbocycles. The number of hydrogen-bond acceptors (Lipinski definition) is 2. The first-order chi connectivity index (χ1) is 11.8. The average Bonchev–Trinajstić information content (AvgIpc) is 2.96. The highest BCUT2D eigenvalue weighted by Gasteiger charge is 2.40. The lowest BCUT2D eigenvalue weighted by Crippen LogP contribution is -2.55. The second-order valence-electron chi connectivity index (χ2n) is 7.08. The summed E-state index contributed by atoms with van der Waals surface area (Å²) in [6.45, 7) is 8.25. The molecule has 2 aromatic rings. The van der Waals surface area contributed by atoms with Crippen LogP contribution in [0.15, 0.2) is 24.8 Å². The van der Waals surface area contributed by atoms with Gasteiger partial charge < -0.3 is 10.3 Å². The fourth-order valence-electron chi connectivity index (χ4n) is 4.85. The summed E-state index contributed by atoms with van der Waals surface area (Å²) >= 11 is 0. The molecular formula is C20H25N3O. The molecule has 3 atom stereocenters. The van der Waals surface area contributed by atoms with E-state index in [9.17, 15) is 4.79 Å². The Morgan fingerprint density at radius 1 is 1.46 bits per heavy atom. The van der Waals surface area contributed by atoms with E-state index in [-0.39, 0.29) is 6.04 Å². The monoisotopic (exact) mass is 323 g/mol. The van der Waals surface area contributed by atoms with Crippen molar-refractivity contribution < 1.29 is 4.79 Å². The van der Waals surface area contributed by atoms with Crippen molar-refractivity contribution in [3.8, 4) is 0 Å². The number of aromatic nitrogens is 1. The van der Waals surface area contributed by atoms with Crippen LogP contribution in [0.1, 0.15) is 42.5 Å². The lowest BCUT2D eigenvalue weighted by Gasteiger charge is -2.47. The molecule has 4 rings (SSSR count). The van der Waals surface area contributed by atoms with Crippen molar-refractivity contribution in [3.63, 3.8) is 0 Å². The van der Waals surface area contributed by atoms with Gasteiger partial charge in [-0.3, -0.25) is 9.69 Å². The van der Waals surface area contributed by atoms with Crippen molar-refractivity contribution in [1.82, 2.24) is 15.2 Å². The van der Waals surface area contributed by atoms with Gasteiger partial charge in [0, 0.05) is 41.1 Å². The number of rotatable bonds is 5. The Morgan fingerprint density at radius 3 is 3.08 bits per heavy atom. The molecule has 126 valence electrons. The molecule has 1 amide bonds. The predicted molar refractivity (Wildman–Crippen MR) is 98.1 cm³/mol. The van der Waals surface area contributed by atoms with Crippen LogP contribution >= 0.6 is 0 Å². The van der Waals surface area contributed by atoms with E-state index in [4.69, 9.17) is 0 Å². The van der Waals surface area contributed by atoms with Crippen molar-refractivity contribution in [1.29, 1.82) is 0 Å². The van der Waals surface area contributed by atoms with E-state index in [0.717, 1.165) is 38.8 Å². The Labute approximate surface area is 142 Å². The first-order valence-electron chi connectivity index (χ1n) is 8.96. The third-order valence-corrected chi connectivity index (χ3v) is 5.75. The van der Waals surface area contributed by atoms with Gasteiger partial charge in [0.2, 0.25) is 6.41 Å². The fourth-order valence-corrected chi connectivity index (χ4v) is 4.85. The van der Waals surface area contributed by atoms with Crippen molar-refractivity contribution in [3.05, 3.63) is 41.6 Å². The highest BCUT2D eigenvalue weighted by atomic mass is 16.1. The van der Waals surface area contributed by atoms with Gasteiger partial charge in [0.05, 0.1) is 0 Å². The van der Waals surface area contributed by atoms with Gasteiger partial charge in [-0.1, -0.05) is 25.6 Å². The average molecular weight is 323 g/mol. The van der Waals surface area contributed by atoms with Gasteiger partial charge in [0.15, 0.2) is 0 Å². The number of hydrogen-bond donors (Lipinski definition) is 2. The lowest BCUT2D eigenvalue weighted by molar-refractivity contribution is -0.110. The van der Waals surface area contributed by atoms with Crippen LogP contribution in [0, 0.1) is 0 Å². The SMILES string of the molecule is C=Cc1[nH]c2cccc3c2c1C[C@@H]1C3C[C@H](NC=O)CN1CCC. The zero-order valence-corrected chi connectivity index (χ0v) is 14.2. The Morgan fingerprint density at radius 2 is 2.33 bits per heavy atom. The van der Waals surface area contributed by atoms with Gasteiger partial charge in [-0.2, -0.15) is 0 Å². The number of likely N-dealkylation sites (tertiary alicyclic amines) is 1. The largest absolute Gasteiger partial charge is 0.355 e. The van der Waals surface area contributed by atoms with E-state index in [1.807, 2.05) is 6.08 Å². The standard InChI is InChI=1S/C20H25N3O/c1-3-8-23-11-13(21-12-24)9-15-14-6-5-7-18-20(14)16(10-19(15)23)17(4-2)22-18/h4-7,12-13,15,19,22H,2-3,8-11H2,1H3,(H,21,24)/t13-,15?,19+/m0/s1. The molecule has 1 saturated heterocycles. The van der Waals surface area contributed by atoms with E-state index < -0.39 is 0 Å². The number of piperidine rings is 1. The molecule has 0 spiro atoms. The normalized spacial score (nSPS) is 26.1. The second-order valence-corrected chi connectivity index (χ2v) is 7.08. The van der Waals surface area contributed by atoms with E-state index in [1.165, 1.54) is 27.7 Å². The maximum Gasteiger partial charge on any atom is 0.207 e. The van der Waals surface area contributed by atoms with E-state index >= 15 is 0 Å². The maximum absolute atomic E-state index is 11.0. The number of amides is 1. The minimum Gasteiger partial charge on any atom is -0.355 e. The molecule has 0 saturated carbocycles. The van der Waals surface area contributed by atoms with Crippen LogP contribution in [0.4, 0.5) is 0 Å². The quantitative estimate of drug-likeness (QED) is 0.831. The Balaban J connectivity index is 1.82. The number of carbonyl (C=O) groups excluding carboxylic acids is 1. The zero-order chi connectivity index (χ0) is 16.7. The van der Waals surface area contributed by atoms with Crippen molar-refractivity contribution in [2.24, 2.45) is 0 Å². The molecular weight excluding hydrogens is 298 g/mol. The Kier molecular flexibility index (Phi) is 3.93. The summed E-state index contributed by atoms with van der Waals surface area (Å²) in [6, 6.07) is 7.33. The molecule has 2 aliphatic rings. The number of benzene rings is 1. The molecule has 1 fully saturated rings. The number of aromatic amines is 1. The summed E-state index contributed by atoms with van der Waals surface area (Å²) < 4.78 is 0. The molecule has 2 N–H and O–H groups in total. The minimum atomic E-state index is 0.241. The van der Waals surface area contributed by atoms with Crippen LogP contribution in [0.25, 0.3) is 17.0 Å². The summed E-state index contributed by atoms with van der Waals surface area (Å²) in [5.41, 5.74) is 5.23. The van der Waals surface area contributed by atoms with Crippen LogP contribution < -0.4 is 5.32 Å². The maximum atomic E-state index is 11.0. The van der Waals surface area contributed by atoms with Crippen LogP contribution in [0.5, 0.6) is 0 Å². The first-order valence-corrected chi connectivity index (χ1v) is 8.96. The molecule has 4 nitrogen and oxygen atoms in total. The topological polar surface area (TPSA) is 48.1 Å². The summed E-state index contributed by atoms with van der Waals surface area (Å²) in [6.07, 6.45) is 6.03. The van der Waals surface area contributed by atoms with Crippen molar-refractivity contribution >= 4 is 23.4 Å². The summed E-state index contributed by atoms with van der Waals surface area (Å²) in [5.74, 6) is 0.479. The molecule has 0 radical (unpaired) electrons. The molecule has 1 aromatic carbocycles. The molecule has 1 aliphatic heterocycles. The van der Waals surface area contributed by atoms with Crippen LogP contribution in [-0.2, 0) is 11.2 Å². The highest BCUT2D eigenvalue weighted by molar-refractivity contribution is 5.91. The smallest absolute Gasteiger partial charge is 0.207 e. The van der Waals surface area contributed by atoms with Gasteiger partial charge in [-0.15, -0.1) is 0 Å². The Bertz CT molecular complexity index is 779. The summed E-state index contributed by atoms with van der Waals surface area (Å²) in [4.78, 5) is 17.1. The number of nitrogens with one attached hydrogen (secondary N) is 2. The minimum absolute atomic E-state index is 0.241. The van der Waals surface area contributed by atoms with Crippen molar-refractivity contribution in [2.45, 2.75) is 44.2 Å². The summed E-state index contributed by atoms with van der Waals surface area (Å²) in [5, 5.41) is 4.42. The Hall–Kier alpha value is -2.07. The number of nitrogens with zero attached hydrogens (tertiary/aromatic N) is 1. The number of H-pyrrole nitrogens is 1. The van der Waals surface area contributed by atoms with Crippen molar-refractivity contribution in [2.75, 3.05) is 13.1 Å². The lowest BCUT2D eigenvalue weighted by atomic mass is 9.73. The van der Waals surface area contributed by atoms with Crippen LogP contribution in [-0.4, -0.2) is 41.5 Å². The predicted octanol–water partition coefficient (Wildman–Crippen LogP) is 3.05. The van der Waals surface area contributed by atoms with Gasteiger partial charge in [-0.25, -0.2) is 0 Å². The van der Waals surface area contributed by atoms with Gasteiger partial charge in [-0.05, 0) is 49.1 Å². The molecule has 1 unspecified atom stereocenters. The molecule has 0 bridgehead atoms. The van der Waals surface area contributed by atoms with Gasteiger partial charge in [0.25, 0.3) is 0 Å². The van der Waals surface area contributed by atoms with Gasteiger partial charge >= 0.3 is 0 Å². The molecule has 1 aromatic heterocycles. The van der Waals surface area contributed by atoms with E-state index in [0.29, 0.717) is 12.0 Å². The van der Waals surface area contributed by atoms with Crippen LogP contribution in [0.2, 0.25) is 0 Å². The second kappa shape index (κ2) is 6.10. The van der Waals surface area contributed by atoms with Gasteiger partial charge in [0.1, 0.15) is 0 Å². The van der Waals surface area contributed by atoms with E-state index in [1.54, 1.807) is 0 Å². The third-order valence-electron chi connectivity index (χ3n) is 5.75. The molecule has 24 heavy (non-hydrogen) atoms. The summed E-state index contributed by atoms with van der Waals surface area (Å²) in [7, 11) is 0.